The number of nitrogens with zero attached hydrogens (tertiary/aromatic N) is 1. The minimum atomic E-state index is -0.163. The molecule has 2 heterocycles. The minimum Gasteiger partial charge on any atom is -0.494 e. The van der Waals surface area contributed by atoms with Gasteiger partial charge in [-0.25, -0.2) is 0 Å². The van der Waals surface area contributed by atoms with Crippen molar-refractivity contribution >= 4 is 28.8 Å². The summed E-state index contributed by atoms with van der Waals surface area (Å²) in [5.74, 6) is 0.683. The van der Waals surface area contributed by atoms with Gasteiger partial charge in [0.15, 0.2) is 0 Å². The van der Waals surface area contributed by atoms with Crippen molar-refractivity contribution in [3.05, 3.63) is 46.7 Å². The molecule has 0 saturated carbocycles. The number of carbonyl (C=O) groups excluding carboxylic acids is 2. The standard InChI is InChI=1S/C17H18N2O3S/c1-2-22-14-7-5-13(6-8-14)19-11-12(10-16(19)20)18-17(21)15-4-3-9-23-15/h3-9,12H,2,10-11H2,1H3,(H,18,21)/t12-/m1/s1. The molecule has 1 atom stereocenters. The summed E-state index contributed by atoms with van der Waals surface area (Å²) in [4.78, 5) is 26.7. The molecule has 6 heteroatoms. The molecule has 2 amide bonds. The molecule has 1 fully saturated rings. The summed E-state index contributed by atoms with van der Waals surface area (Å²) >= 11 is 1.39. The zero-order valence-electron chi connectivity index (χ0n) is 12.8. The molecule has 0 unspecified atom stereocenters. The Balaban J connectivity index is 1.64. The van der Waals surface area contributed by atoms with Gasteiger partial charge >= 0.3 is 0 Å². The first-order valence-electron chi connectivity index (χ1n) is 7.55. The summed E-state index contributed by atoms with van der Waals surface area (Å²) in [6.07, 6.45) is 0.324. The monoisotopic (exact) mass is 330 g/mol. The first-order chi connectivity index (χ1) is 11.2. The Kier molecular flexibility index (Phi) is 4.62. The van der Waals surface area contributed by atoms with Gasteiger partial charge in [-0.15, -0.1) is 11.3 Å². The van der Waals surface area contributed by atoms with Crippen molar-refractivity contribution < 1.29 is 14.3 Å². The highest BCUT2D eigenvalue weighted by molar-refractivity contribution is 7.12. The van der Waals surface area contributed by atoms with Crippen molar-refractivity contribution in [1.29, 1.82) is 0 Å². The third-order valence-electron chi connectivity index (χ3n) is 3.66. The molecular formula is C17H18N2O3S. The number of hydrogen-bond donors (Lipinski definition) is 1. The molecule has 5 nitrogen and oxygen atoms in total. The van der Waals surface area contributed by atoms with Gasteiger partial charge in [-0.1, -0.05) is 6.07 Å². The number of hydrogen-bond acceptors (Lipinski definition) is 4. The van der Waals surface area contributed by atoms with Crippen LogP contribution in [-0.4, -0.2) is 31.0 Å². The van der Waals surface area contributed by atoms with Crippen LogP contribution < -0.4 is 15.0 Å². The second kappa shape index (κ2) is 6.83. The van der Waals surface area contributed by atoms with Crippen molar-refractivity contribution in [3.8, 4) is 5.75 Å². The summed E-state index contributed by atoms with van der Waals surface area (Å²) < 4.78 is 5.41. The van der Waals surface area contributed by atoms with Crippen molar-refractivity contribution in [1.82, 2.24) is 5.32 Å². The average molecular weight is 330 g/mol. The van der Waals surface area contributed by atoms with Crippen LogP contribution in [0.1, 0.15) is 23.0 Å². The smallest absolute Gasteiger partial charge is 0.261 e. The van der Waals surface area contributed by atoms with Gasteiger partial charge in [-0.2, -0.15) is 0 Å². The van der Waals surface area contributed by atoms with Gasteiger partial charge in [0.25, 0.3) is 5.91 Å². The van der Waals surface area contributed by atoms with Gasteiger partial charge in [0.05, 0.1) is 17.5 Å². The lowest BCUT2D eigenvalue weighted by atomic mass is 10.2. The number of rotatable bonds is 5. The van der Waals surface area contributed by atoms with Crippen LogP contribution in [0.25, 0.3) is 0 Å². The lowest BCUT2D eigenvalue weighted by Crippen LogP contribution is -2.36. The normalized spacial score (nSPS) is 17.3. The Morgan fingerprint density at radius 3 is 2.78 bits per heavy atom. The van der Waals surface area contributed by atoms with Gasteiger partial charge in [0.1, 0.15) is 5.75 Å². The van der Waals surface area contributed by atoms with Crippen LogP contribution in [-0.2, 0) is 4.79 Å². The van der Waals surface area contributed by atoms with E-state index in [1.54, 1.807) is 11.0 Å². The van der Waals surface area contributed by atoms with Crippen LogP contribution in [0.15, 0.2) is 41.8 Å². The molecule has 0 bridgehead atoms. The van der Waals surface area contributed by atoms with E-state index in [1.807, 2.05) is 42.6 Å². The largest absolute Gasteiger partial charge is 0.494 e. The van der Waals surface area contributed by atoms with Gasteiger partial charge in [0.2, 0.25) is 5.91 Å². The van der Waals surface area contributed by atoms with E-state index in [2.05, 4.69) is 5.32 Å². The topological polar surface area (TPSA) is 58.6 Å². The van der Waals surface area contributed by atoms with E-state index in [0.29, 0.717) is 24.4 Å². The minimum absolute atomic E-state index is 0.0191. The Hall–Kier alpha value is -2.34. The molecule has 1 aromatic heterocycles. The lowest BCUT2D eigenvalue weighted by Gasteiger charge is -2.17. The molecule has 1 saturated heterocycles. The molecule has 23 heavy (non-hydrogen) atoms. The summed E-state index contributed by atoms with van der Waals surface area (Å²) in [6, 6.07) is 10.9. The fourth-order valence-electron chi connectivity index (χ4n) is 2.61. The van der Waals surface area contributed by atoms with Crippen molar-refractivity contribution in [2.24, 2.45) is 0 Å². The number of anilines is 1. The predicted molar refractivity (Wildman–Crippen MR) is 90.2 cm³/mol. The van der Waals surface area contributed by atoms with E-state index in [9.17, 15) is 9.59 Å². The van der Waals surface area contributed by atoms with Crippen LogP contribution in [0.4, 0.5) is 5.69 Å². The van der Waals surface area contributed by atoms with E-state index in [1.165, 1.54) is 11.3 Å². The van der Waals surface area contributed by atoms with Gasteiger partial charge in [-0.3, -0.25) is 9.59 Å². The maximum Gasteiger partial charge on any atom is 0.261 e. The maximum absolute atomic E-state index is 12.2. The van der Waals surface area contributed by atoms with E-state index < -0.39 is 0 Å². The molecule has 0 aliphatic carbocycles. The molecule has 1 aromatic carbocycles. The number of carbonyl (C=O) groups is 2. The molecule has 1 N–H and O–H groups in total. The SMILES string of the molecule is CCOc1ccc(N2C[C@H](NC(=O)c3cccs3)CC2=O)cc1. The van der Waals surface area contributed by atoms with Crippen LogP contribution in [0, 0.1) is 0 Å². The second-order valence-corrected chi connectivity index (χ2v) is 6.23. The Morgan fingerprint density at radius 1 is 1.35 bits per heavy atom. The number of nitrogens with one attached hydrogen (secondary N) is 1. The van der Waals surface area contributed by atoms with Gasteiger partial charge in [0, 0.05) is 18.7 Å². The highest BCUT2D eigenvalue weighted by Gasteiger charge is 2.31. The number of amides is 2. The summed E-state index contributed by atoms with van der Waals surface area (Å²) in [6.45, 7) is 3.03. The number of benzene rings is 1. The molecule has 1 aliphatic rings. The highest BCUT2D eigenvalue weighted by Crippen LogP contribution is 2.24. The molecule has 3 rings (SSSR count). The zero-order valence-corrected chi connectivity index (χ0v) is 13.6. The van der Waals surface area contributed by atoms with Crippen LogP contribution in [0.5, 0.6) is 5.75 Å². The summed E-state index contributed by atoms with van der Waals surface area (Å²) in [5.41, 5.74) is 0.825. The second-order valence-electron chi connectivity index (χ2n) is 5.28. The first-order valence-corrected chi connectivity index (χ1v) is 8.43. The van der Waals surface area contributed by atoms with Gasteiger partial charge in [-0.05, 0) is 42.6 Å². The van der Waals surface area contributed by atoms with Crippen LogP contribution in [0.2, 0.25) is 0 Å². The first kappa shape index (κ1) is 15.6. The summed E-state index contributed by atoms with van der Waals surface area (Å²) in [5, 5.41) is 4.79. The lowest BCUT2D eigenvalue weighted by molar-refractivity contribution is -0.117. The van der Waals surface area contributed by atoms with E-state index in [0.717, 1.165) is 11.4 Å². The number of ether oxygens (including phenoxy) is 1. The third kappa shape index (κ3) is 3.53. The van der Waals surface area contributed by atoms with Crippen molar-refractivity contribution in [2.45, 2.75) is 19.4 Å². The average Bonchev–Trinajstić information content (AvgIpc) is 3.18. The molecule has 2 aromatic rings. The Labute approximate surface area is 138 Å². The molecule has 120 valence electrons. The molecule has 1 aliphatic heterocycles. The van der Waals surface area contributed by atoms with E-state index in [-0.39, 0.29) is 17.9 Å². The Morgan fingerprint density at radius 2 is 2.13 bits per heavy atom. The van der Waals surface area contributed by atoms with Crippen molar-refractivity contribution in [3.63, 3.8) is 0 Å². The van der Waals surface area contributed by atoms with Crippen LogP contribution in [0.3, 0.4) is 0 Å². The Bertz CT molecular complexity index is 682. The fraction of sp³-hybridized carbons (Fsp3) is 0.294. The number of thiophene rings is 1. The highest BCUT2D eigenvalue weighted by atomic mass is 32.1. The molecule has 0 spiro atoms. The zero-order chi connectivity index (χ0) is 16.2. The van der Waals surface area contributed by atoms with E-state index >= 15 is 0 Å². The maximum atomic E-state index is 12.2. The van der Waals surface area contributed by atoms with E-state index in [4.69, 9.17) is 4.74 Å². The third-order valence-corrected chi connectivity index (χ3v) is 4.53. The molecular weight excluding hydrogens is 312 g/mol. The fourth-order valence-corrected chi connectivity index (χ4v) is 3.23. The molecule has 0 radical (unpaired) electrons. The predicted octanol–water partition coefficient (Wildman–Crippen LogP) is 2.68. The quantitative estimate of drug-likeness (QED) is 0.917. The van der Waals surface area contributed by atoms with Crippen LogP contribution >= 0.6 is 11.3 Å². The summed E-state index contributed by atoms with van der Waals surface area (Å²) in [7, 11) is 0. The van der Waals surface area contributed by atoms with Gasteiger partial charge < -0.3 is 15.0 Å². The van der Waals surface area contributed by atoms with Crippen molar-refractivity contribution in [2.75, 3.05) is 18.1 Å².